The number of hydrogen-bond donors (Lipinski definition) is 2. The topological polar surface area (TPSA) is 67.4 Å². The summed E-state index contributed by atoms with van der Waals surface area (Å²) in [6.07, 6.45) is 4.72. The normalized spacial score (nSPS) is 14.8. The zero-order valence-corrected chi connectivity index (χ0v) is 20.0. The van der Waals surface area contributed by atoms with Crippen molar-refractivity contribution < 1.29 is 14.3 Å². The number of carbonyl (C=O) groups excluding carboxylic acids is 2. The van der Waals surface area contributed by atoms with Crippen LogP contribution in [0.3, 0.4) is 0 Å². The van der Waals surface area contributed by atoms with Crippen LogP contribution in [0.5, 0.6) is 5.75 Å². The predicted octanol–water partition coefficient (Wildman–Crippen LogP) is 6.48. The van der Waals surface area contributed by atoms with Crippen LogP contribution < -0.4 is 15.4 Å². The van der Waals surface area contributed by atoms with Gasteiger partial charge in [-0.3, -0.25) is 9.59 Å². The number of nitrogens with one attached hydrogen (secondary N) is 2. The van der Waals surface area contributed by atoms with Crippen molar-refractivity contribution in [1.29, 1.82) is 0 Å². The molecule has 6 heteroatoms. The van der Waals surface area contributed by atoms with Gasteiger partial charge in [-0.2, -0.15) is 0 Å². The van der Waals surface area contributed by atoms with E-state index in [1.54, 1.807) is 25.1 Å². The number of hydrogen-bond acceptors (Lipinski definition) is 3. The predicted molar refractivity (Wildman–Crippen MR) is 136 cm³/mol. The minimum Gasteiger partial charge on any atom is -0.481 e. The molecule has 4 rings (SSSR count). The monoisotopic (exact) mass is 476 g/mol. The Morgan fingerprint density at radius 1 is 0.912 bits per heavy atom. The molecular formula is C28H29ClN2O3. The highest BCUT2D eigenvalue weighted by Gasteiger charge is 2.20. The first-order valence-corrected chi connectivity index (χ1v) is 12.1. The van der Waals surface area contributed by atoms with Gasteiger partial charge in [-0.05, 0) is 61.2 Å². The van der Waals surface area contributed by atoms with Gasteiger partial charge < -0.3 is 15.4 Å². The van der Waals surface area contributed by atoms with E-state index in [1.807, 2.05) is 54.6 Å². The molecule has 0 saturated heterocycles. The van der Waals surface area contributed by atoms with E-state index in [-0.39, 0.29) is 17.9 Å². The molecule has 0 aromatic heterocycles. The lowest BCUT2D eigenvalue weighted by Gasteiger charge is -2.23. The second kappa shape index (κ2) is 11.2. The summed E-state index contributed by atoms with van der Waals surface area (Å²) in [4.78, 5) is 25.5. The molecule has 3 aromatic rings. The van der Waals surface area contributed by atoms with Crippen molar-refractivity contribution >= 4 is 29.1 Å². The molecule has 1 fully saturated rings. The smallest absolute Gasteiger partial charge is 0.265 e. The number of carbonyl (C=O) groups is 2. The Hall–Kier alpha value is -3.31. The number of ether oxygens (including phenoxy) is 1. The Morgan fingerprint density at radius 3 is 2.29 bits per heavy atom. The molecule has 0 bridgehead atoms. The van der Waals surface area contributed by atoms with E-state index >= 15 is 0 Å². The molecule has 0 aliphatic heterocycles. The standard InChI is InChI=1S/C28H29ClN2O3/c1-19(34-24-15-12-21(13-16-24)20-8-4-2-5-9-20)27(32)31-23-14-17-26(29)25(18-23)28(33)30-22-10-6-3-7-11-22/h2,4-5,8-9,12-19,22H,3,6-7,10-11H2,1H3,(H,30,33)(H,31,32). The van der Waals surface area contributed by atoms with Crippen molar-refractivity contribution in [1.82, 2.24) is 5.32 Å². The van der Waals surface area contributed by atoms with Gasteiger partial charge in [0.1, 0.15) is 5.75 Å². The number of anilines is 1. The lowest BCUT2D eigenvalue weighted by molar-refractivity contribution is -0.122. The number of rotatable bonds is 7. The van der Waals surface area contributed by atoms with E-state index < -0.39 is 6.10 Å². The Morgan fingerprint density at radius 2 is 1.59 bits per heavy atom. The van der Waals surface area contributed by atoms with Gasteiger partial charge in [0.2, 0.25) is 0 Å². The van der Waals surface area contributed by atoms with Crippen molar-refractivity contribution in [3.05, 3.63) is 83.4 Å². The van der Waals surface area contributed by atoms with Crippen molar-refractivity contribution in [3.63, 3.8) is 0 Å². The van der Waals surface area contributed by atoms with Crippen molar-refractivity contribution in [3.8, 4) is 16.9 Å². The van der Waals surface area contributed by atoms with Crippen molar-refractivity contribution in [2.75, 3.05) is 5.32 Å². The van der Waals surface area contributed by atoms with Crippen LogP contribution >= 0.6 is 11.6 Å². The van der Waals surface area contributed by atoms with E-state index in [1.165, 1.54) is 6.42 Å². The maximum absolute atomic E-state index is 12.7. The summed E-state index contributed by atoms with van der Waals surface area (Å²) in [6.45, 7) is 1.69. The lowest BCUT2D eigenvalue weighted by atomic mass is 9.95. The Labute approximate surface area is 205 Å². The van der Waals surface area contributed by atoms with Crippen LogP contribution in [-0.4, -0.2) is 24.0 Å². The molecule has 3 aromatic carbocycles. The van der Waals surface area contributed by atoms with E-state index in [0.717, 1.165) is 36.8 Å². The van der Waals surface area contributed by atoms with E-state index in [2.05, 4.69) is 10.6 Å². The van der Waals surface area contributed by atoms with Crippen LogP contribution in [0.25, 0.3) is 11.1 Å². The van der Waals surface area contributed by atoms with E-state index in [0.29, 0.717) is 22.0 Å². The quantitative estimate of drug-likeness (QED) is 0.410. The van der Waals surface area contributed by atoms with E-state index in [4.69, 9.17) is 16.3 Å². The van der Waals surface area contributed by atoms with E-state index in [9.17, 15) is 9.59 Å². The molecule has 1 aliphatic rings. The summed E-state index contributed by atoms with van der Waals surface area (Å²) < 4.78 is 5.82. The average Bonchev–Trinajstić information content (AvgIpc) is 2.86. The van der Waals surface area contributed by atoms with Crippen molar-refractivity contribution in [2.24, 2.45) is 0 Å². The SMILES string of the molecule is CC(Oc1ccc(-c2ccccc2)cc1)C(=O)Nc1ccc(Cl)c(C(=O)NC2CCCCC2)c1. The van der Waals surface area contributed by atoms with Gasteiger partial charge in [-0.25, -0.2) is 0 Å². The van der Waals surface area contributed by atoms with Gasteiger partial charge in [-0.15, -0.1) is 0 Å². The maximum Gasteiger partial charge on any atom is 0.265 e. The molecule has 1 unspecified atom stereocenters. The highest BCUT2D eigenvalue weighted by Crippen LogP contribution is 2.25. The lowest BCUT2D eigenvalue weighted by Crippen LogP contribution is -2.36. The third-order valence-electron chi connectivity index (χ3n) is 6.06. The molecule has 176 valence electrons. The minimum absolute atomic E-state index is 0.178. The average molecular weight is 477 g/mol. The fraction of sp³-hybridized carbons (Fsp3) is 0.286. The van der Waals surface area contributed by atoms with Crippen LogP contribution in [0.4, 0.5) is 5.69 Å². The first-order chi connectivity index (χ1) is 16.5. The van der Waals surface area contributed by atoms with Gasteiger partial charge in [0.25, 0.3) is 11.8 Å². The molecule has 1 saturated carbocycles. The van der Waals surface area contributed by atoms with Gasteiger partial charge >= 0.3 is 0 Å². The number of amides is 2. The second-order valence-electron chi connectivity index (χ2n) is 8.64. The first-order valence-electron chi connectivity index (χ1n) is 11.7. The van der Waals surface area contributed by atoms with Gasteiger partial charge in [0.05, 0.1) is 10.6 Å². The zero-order chi connectivity index (χ0) is 23.9. The summed E-state index contributed by atoms with van der Waals surface area (Å²) in [5.74, 6) is 0.0786. The van der Waals surface area contributed by atoms with Crippen molar-refractivity contribution in [2.45, 2.75) is 51.2 Å². The van der Waals surface area contributed by atoms with Crippen LogP contribution in [0.2, 0.25) is 5.02 Å². The molecule has 34 heavy (non-hydrogen) atoms. The highest BCUT2D eigenvalue weighted by molar-refractivity contribution is 6.34. The van der Waals surface area contributed by atoms with Crippen LogP contribution in [0.1, 0.15) is 49.4 Å². The number of benzene rings is 3. The summed E-state index contributed by atoms with van der Waals surface area (Å²) in [5, 5.41) is 6.25. The van der Waals surface area contributed by atoms with Crippen LogP contribution in [-0.2, 0) is 4.79 Å². The Balaban J connectivity index is 1.36. The summed E-state index contributed by atoms with van der Waals surface area (Å²) in [6, 6.07) is 22.8. The van der Waals surface area contributed by atoms with Gasteiger partial charge in [0.15, 0.2) is 6.10 Å². The van der Waals surface area contributed by atoms with Gasteiger partial charge in [-0.1, -0.05) is 73.3 Å². The largest absolute Gasteiger partial charge is 0.481 e. The minimum atomic E-state index is -0.724. The Bertz CT molecular complexity index is 1130. The third-order valence-corrected chi connectivity index (χ3v) is 6.39. The first kappa shape index (κ1) is 23.8. The summed E-state index contributed by atoms with van der Waals surface area (Å²) >= 11 is 6.27. The molecule has 1 atom stereocenters. The third kappa shape index (κ3) is 6.17. The fourth-order valence-corrected chi connectivity index (χ4v) is 4.35. The molecule has 0 spiro atoms. The molecule has 5 nitrogen and oxygen atoms in total. The molecular weight excluding hydrogens is 448 g/mol. The van der Waals surface area contributed by atoms with Gasteiger partial charge in [0, 0.05) is 11.7 Å². The van der Waals surface area contributed by atoms with Crippen LogP contribution in [0, 0.1) is 0 Å². The zero-order valence-electron chi connectivity index (χ0n) is 19.2. The number of halogens is 1. The molecule has 0 heterocycles. The second-order valence-corrected chi connectivity index (χ2v) is 9.05. The summed E-state index contributed by atoms with van der Waals surface area (Å²) in [5.41, 5.74) is 3.05. The highest BCUT2D eigenvalue weighted by atomic mass is 35.5. The fourth-order valence-electron chi connectivity index (χ4n) is 4.15. The Kier molecular flexibility index (Phi) is 7.86. The summed E-state index contributed by atoms with van der Waals surface area (Å²) in [7, 11) is 0. The molecule has 1 aliphatic carbocycles. The molecule has 0 radical (unpaired) electrons. The maximum atomic E-state index is 12.7. The molecule has 2 amide bonds. The molecule has 2 N–H and O–H groups in total. The van der Waals surface area contributed by atoms with Crippen LogP contribution in [0.15, 0.2) is 72.8 Å².